The first kappa shape index (κ1) is 14.8. The highest BCUT2D eigenvalue weighted by Crippen LogP contribution is 2.29. The summed E-state index contributed by atoms with van der Waals surface area (Å²) in [4.78, 5) is 0. The van der Waals surface area contributed by atoms with Crippen molar-refractivity contribution in [2.24, 2.45) is 5.92 Å². The lowest BCUT2D eigenvalue weighted by molar-refractivity contribution is 0.248. The Morgan fingerprint density at radius 1 is 1.17 bits per heavy atom. The predicted molar refractivity (Wildman–Crippen MR) is 73.4 cm³/mol. The molecule has 0 unspecified atom stereocenters. The van der Waals surface area contributed by atoms with Crippen LogP contribution in [0.2, 0.25) is 0 Å². The first-order valence-electron chi connectivity index (χ1n) is 6.66. The van der Waals surface area contributed by atoms with Gasteiger partial charge in [-0.05, 0) is 43.4 Å². The highest BCUT2D eigenvalue weighted by molar-refractivity contribution is 5.43. The molecule has 1 rings (SSSR count). The van der Waals surface area contributed by atoms with Gasteiger partial charge in [0.1, 0.15) is 0 Å². The number of ether oxygens (including phenoxy) is 2. The van der Waals surface area contributed by atoms with E-state index in [-0.39, 0.29) is 6.61 Å². The van der Waals surface area contributed by atoms with E-state index in [0.717, 1.165) is 24.3 Å². The Bertz CT molecular complexity index is 348. The number of aryl methyl sites for hydroxylation is 1. The first-order valence-corrected chi connectivity index (χ1v) is 6.66. The molecule has 0 amide bonds. The summed E-state index contributed by atoms with van der Waals surface area (Å²) in [6.45, 7) is 7.74. The van der Waals surface area contributed by atoms with Crippen LogP contribution < -0.4 is 9.47 Å². The van der Waals surface area contributed by atoms with E-state index in [1.54, 1.807) is 0 Å². The van der Waals surface area contributed by atoms with E-state index in [0.29, 0.717) is 19.1 Å². The summed E-state index contributed by atoms with van der Waals surface area (Å²) in [5.74, 6) is 2.10. The van der Waals surface area contributed by atoms with Crippen LogP contribution in [0.25, 0.3) is 0 Å². The molecule has 1 aromatic carbocycles. The van der Waals surface area contributed by atoms with Crippen molar-refractivity contribution in [3.05, 3.63) is 23.8 Å². The monoisotopic (exact) mass is 252 g/mol. The van der Waals surface area contributed by atoms with Gasteiger partial charge >= 0.3 is 0 Å². The van der Waals surface area contributed by atoms with Crippen LogP contribution in [-0.4, -0.2) is 24.9 Å². The van der Waals surface area contributed by atoms with Crippen molar-refractivity contribution in [3.63, 3.8) is 0 Å². The molecule has 0 spiro atoms. The van der Waals surface area contributed by atoms with Crippen molar-refractivity contribution in [1.29, 1.82) is 0 Å². The molecule has 0 bridgehead atoms. The summed E-state index contributed by atoms with van der Waals surface area (Å²) in [6, 6.07) is 6.00. The van der Waals surface area contributed by atoms with Crippen LogP contribution in [0, 0.1) is 5.92 Å². The van der Waals surface area contributed by atoms with Crippen LogP contribution in [0.15, 0.2) is 18.2 Å². The van der Waals surface area contributed by atoms with Gasteiger partial charge in [-0.1, -0.05) is 19.9 Å². The Hall–Kier alpha value is -1.22. The third-order valence-electron chi connectivity index (χ3n) is 2.50. The topological polar surface area (TPSA) is 38.7 Å². The maximum Gasteiger partial charge on any atom is 0.161 e. The maximum atomic E-state index is 8.84. The highest BCUT2D eigenvalue weighted by atomic mass is 16.5. The minimum Gasteiger partial charge on any atom is -0.490 e. The lowest BCUT2D eigenvalue weighted by Gasteiger charge is -2.14. The molecule has 0 aromatic heterocycles. The molecule has 0 saturated carbocycles. The second-order valence-corrected chi connectivity index (χ2v) is 4.75. The molecule has 102 valence electrons. The standard InChI is InChI=1S/C15H24O3/c1-4-17-15-10-13(6-5-9-16)7-8-14(15)18-11-12(2)3/h7-8,10,12,16H,4-6,9,11H2,1-3H3. The number of aliphatic hydroxyl groups is 1. The summed E-state index contributed by atoms with van der Waals surface area (Å²) >= 11 is 0. The van der Waals surface area contributed by atoms with Crippen LogP contribution >= 0.6 is 0 Å². The molecule has 0 atom stereocenters. The summed E-state index contributed by atoms with van der Waals surface area (Å²) in [5.41, 5.74) is 1.17. The average molecular weight is 252 g/mol. The van der Waals surface area contributed by atoms with Gasteiger partial charge in [-0.3, -0.25) is 0 Å². The number of benzene rings is 1. The van der Waals surface area contributed by atoms with E-state index < -0.39 is 0 Å². The van der Waals surface area contributed by atoms with Gasteiger partial charge in [-0.2, -0.15) is 0 Å². The predicted octanol–water partition coefficient (Wildman–Crippen LogP) is 3.05. The fourth-order valence-electron chi connectivity index (χ4n) is 1.64. The Balaban J connectivity index is 2.75. The van der Waals surface area contributed by atoms with Gasteiger partial charge < -0.3 is 14.6 Å². The second-order valence-electron chi connectivity index (χ2n) is 4.75. The fourth-order valence-corrected chi connectivity index (χ4v) is 1.64. The molecular weight excluding hydrogens is 228 g/mol. The Labute approximate surface area is 110 Å². The van der Waals surface area contributed by atoms with Gasteiger partial charge in [-0.25, -0.2) is 0 Å². The van der Waals surface area contributed by atoms with Crippen LogP contribution in [0.4, 0.5) is 0 Å². The quantitative estimate of drug-likeness (QED) is 0.773. The van der Waals surface area contributed by atoms with Crippen molar-refractivity contribution in [3.8, 4) is 11.5 Å². The molecule has 0 fully saturated rings. The molecule has 0 radical (unpaired) electrons. The highest BCUT2D eigenvalue weighted by Gasteiger charge is 2.07. The number of hydrogen-bond acceptors (Lipinski definition) is 3. The first-order chi connectivity index (χ1) is 8.67. The van der Waals surface area contributed by atoms with E-state index in [4.69, 9.17) is 14.6 Å². The lowest BCUT2D eigenvalue weighted by Crippen LogP contribution is -2.06. The normalized spacial score (nSPS) is 10.7. The molecular formula is C15H24O3. The van der Waals surface area contributed by atoms with Gasteiger partial charge in [0, 0.05) is 6.61 Å². The summed E-state index contributed by atoms with van der Waals surface area (Å²) in [5, 5.41) is 8.84. The maximum absolute atomic E-state index is 8.84. The van der Waals surface area contributed by atoms with Gasteiger partial charge in [-0.15, -0.1) is 0 Å². The van der Waals surface area contributed by atoms with E-state index >= 15 is 0 Å². The summed E-state index contributed by atoms with van der Waals surface area (Å²) in [6.07, 6.45) is 1.64. The van der Waals surface area contributed by atoms with Gasteiger partial charge in [0.25, 0.3) is 0 Å². The van der Waals surface area contributed by atoms with Crippen LogP contribution in [0.1, 0.15) is 32.8 Å². The third kappa shape index (κ3) is 4.96. The number of rotatable bonds is 8. The van der Waals surface area contributed by atoms with Crippen molar-refractivity contribution in [2.75, 3.05) is 19.8 Å². The number of hydrogen-bond donors (Lipinski definition) is 1. The molecule has 3 heteroatoms. The molecule has 18 heavy (non-hydrogen) atoms. The van der Waals surface area contributed by atoms with Crippen LogP contribution in [0.5, 0.6) is 11.5 Å². The molecule has 1 N–H and O–H groups in total. The molecule has 0 aliphatic carbocycles. The minimum atomic E-state index is 0.218. The van der Waals surface area contributed by atoms with E-state index in [2.05, 4.69) is 13.8 Å². The average Bonchev–Trinajstić information content (AvgIpc) is 2.35. The molecule has 0 aliphatic rings. The second kappa shape index (κ2) is 7.98. The Morgan fingerprint density at radius 3 is 2.56 bits per heavy atom. The zero-order valence-electron chi connectivity index (χ0n) is 11.6. The van der Waals surface area contributed by atoms with Crippen LogP contribution in [-0.2, 0) is 6.42 Å². The van der Waals surface area contributed by atoms with Crippen molar-refractivity contribution in [2.45, 2.75) is 33.6 Å². The van der Waals surface area contributed by atoms with E-state index in [1.807, 2.05) is 25.1 Å². The summed E-state index contributed by atoms with van der Waals surface area (Å²) in [7, 11) is 0. The number of aliphatic hydroxyl groups excluding tert-OH is 1. The molecule has 3 nitrogen and oxygen atoms in total. The van der Waals surface area contributed by atoms with Gasteiger partial charge in [0.15, 0.2) is 11.5 Å². The minimum absolute atomic E-state index is 0.218. The van der Waals surface area contributed by atoms with Crippen LogP contribution in [0.3, 0.4) is 0 Å². The SMILES string of the molecule is CCOc1cc(CCCO)ccc1OCC(C)C. The zero-order chi connectivity index (χ0) is 13.4. The molecule has 1 aromatic rings. The molecule has 0 aliphatic heterocycles. The zero-order valence-corrected chi connectivity index (χ0v) is 11.6. The van der Waals surface area contributed by atoms with Gasteiger partial charge in [0.05, 0.1) is 13.2 Å². The van der Waals surface area contributed by atoms with Gasteiger partial charge in [0.2, 0.25) is 0 Å². The Kier molecular flexibility index (Phi) is 6.58. The van der Waals surface area contributed by atoms with E-state index in [1.165, 1.54) is 5.56 Å². The lowest BCUT2D eigenvalue weighted by atomic mass is 10.1. The smallest absolute Gasteiger partial charge is 0.161 e. The van der Waals surface area contributed by atoms with Crippen molar-refractivity contribution >= 4 is 0 Å². The molecule has 0 heterocycles. The summed E-state index contributed by atoms with van der Waals surface area (Å²) < 4.78 is 11.3. The largest absolute Gasteiger partial charge is 0.490 e. The Morgan fingerprint density at radius 2 is 1.94 bits per heavy atom. The van der Waals surface area contributed by atoms with Crippen molar-refractivity contribution < 1.29 is 14.6 Å². The van der Waals surface area contributed by atoms with E-state index in [9.17, 15) is 0 Å². The fraction of sp³-hybridized carbons (Fsp3) is 0.600. The third-order valence-corrected chi connectivity index (χ3v) is 2.50. The molecule has 0 saturated heterocycles. The van der Waals surface area contributed by atoms with Crippen molar-refractivity contribution in [1.82, 2.24) is 0 Å².